The van der Waals surface area contributed by atoms with Crippen molar-refractivity contribution in [3.63, 3.8) is 0 Å². The summed E-state index contributed by atoms with van der Waals surface area (Å²) in [7, 11) is 0. The molecule has 7 heteroatoms. The van der Waals surface area contributed by atoms with E-state index in [0.717, 1.165) is 24.9 Å². The molecule has 1 N–H and O–H groups in total. The van der Waals surface area contributed by atoms with Crippen molar-refractivity contribution in [2.24, 2.45) is 0 Å². The second-order valence-corrected chi connectivity index (χ2v) is 6.64. The molecular weight excluding hydrogens is 323 g/mol. The van der Waals surface area contributed by atoms with Crippen molar-refractivity contribution < 1.29 is 13.7 Å². The molecule has 6 nitrogen and oxygen atoms in total. The van der Waals surface area contributed by atoms with Gasteiger partial charge in [-0.3, -0.25) is 9.69 Å². The van der Waals surface area contributed by atoms with Crippen molar-refractivity contribution in [1.29, 1.82) is 0 Å². The molecule has 0 aliphatic carbocycles. The average molecular weight is 346 g/mol. The standard InChI is InChI=1S/C18H23FN4O2/c1-11-6-7-15(19)9-16(11)21-17(24)12(2)23-8-4-5-14(10-23)18-20-13(3)22-25-18/h6-7,9,12,14H,4-5,8,10H2,1-3H3,(H,21,24). The fraction of sp³-hybridized carbons (Fsp3) is 0.500. The van der Waals surface area contributed by atoms with E-state index in [1.807, 2.05) is 13.8 Å². The van der Waals surface area contributed by atoms with E-state index in [1.165, 1.54) is 12.1 Å². The number of amides is 1. The molecule has 1 aromatic heterocycles. The third-order valence-electron chi connectivity index (χ3n) is 4.73. The predicted octanol–water partition coefficient (Wildman–Crippen LogP) is 3.03. The van der Waals surface area contributed by atoms with E-state index in [0.29, 0.717) is 23.9 Å². The molecule has 2 aromatic rings. The zero-order chi connectivity index (χ0) is 18.0. The summed E-state index contributed by atoms with van der Waals surface area (Å²) < 4.78 is 18.7. The molecule has 0 radical (unpaired) electrons. The lowest BCUT2D eigenvalue weighted by molar-refractivity contribution is -0.121. The second kappa shape index (κ2) is 7.31. The van der Waals surface area contributed by atoms with Crippen LogP contribution in [0.15, 0.2) is 22.7 Å². The molecule has 134 valence electrons. The van der Waals surface area contributed by atoms with Crippen LogP contribution in [0.5, 0.6) is 0 Å². The molecule has 1 amide bonds. The molecule has 1 aromatic carbocycles. The van der Waals surface area contributed by atoms with E-state index in [2.05, 4.69) is 20.4 Å². The van der Waals surface area contributed by atoms with Crippen molar-refractivity contribution >= 4 is 11.6 Å². The summed E-state index contributed by atoms with van der Waals surface area (Å²) >= 11 is 0. The van der Waals surface area contributed by atoms with Gasteiger partial charge in [0.15, 0.2) is 5.82 Å². The van der Waals surface area contributed by atoms with Gasteiger partial charge in [-0.05, 0) is 57.9 Å². The molecule has 1 aliphatic heterocycles. The number of carbonyl (C=O) groups excluding carboxylic acids is 1. The number of rotatable bonds is 4. The third kappa shape index (κ3) is 4.04. The first kappa shape index (κ1) is 17.5. The molecule has 3 rings (SSSR count). The molecule has 1 fully saturated rings. The van der Waals surface area contributed by atoms with Crippen LogP contribution in [0.25, 0.3) is 0 Å². The normalized spacial score (nSPS) is 19.6. The summed E-state index contributed by atoms with van der Waals surface area (Å²) in [5.41, 5.74) is 1.35. The van der Waals surface area contributed by atoms with Crippen LogP contribution in [-0.4, -0.2) is 40.1 Å². The van der Waals surface area contributed by atoms with Gasteiger partial charge in [-0.2, -0.15) is 4.98 Å². The Bertz CT molecular complexity index is 761. The fourth-order valence-corrected chi connectivity index (χ4v) is 3.17. The summed E-state index contributed by atoms with van der Waals surface area (Å²) in [6.45, 7) is 7.03. The quantitative estimate of drug-likeness (QED) is 0.921. The number of aryl methyl sites for hydroxylation is 2. The largest absolute Gasteiger partial charge is 0.339 e. The lowest BCUT2D eigenvalue weighted by Gasteiger charge is -2.34. The van der Waals surface area contributed by atoms with Crippen molar-refractivity contribution in [3.8, 4) is 0 Å². The van der Waals surface area contributed by atoms with E-state index < -0.39 is 0 Å². The molecule has 2 unspecified atom stereocenters. The highest BCUT2D eigenvalue weighted by molar-refractivity contribution is 5.95. The minimum Gasteiger partial charge on any atom is -0.339 e. The van der Waals surface area contributed by atoms with Gasteiger partial charge in [0.25, 0.3) is 0 Å². The number of anilines is 1. The number of piperidine rings is 1. The van der Waals surface area contributed by atoms with E-state index in [4.69, 9.17) is 4.52 Å². The summed E-state index contributed by atoms with van der Waals surface area (Å²) in [6, 6.07) is 4.06. The van der Waals surface area contributed by atoms with Crippen LogP contribution >= 0.6 is 0 Å². The van der Waals surface area contributed by atoms with Crippen molar-refractivity contribution in [1.82, 2.24) is 15.0 Å². The maximum absolute atomic E-state index is 13.4. The SMILES string of the molecule is Cc1noc(C2CCCN(C(C)C(=O)Nc3cc(F)ccc3C)C2)n1. The molecule has 2 heterocycles. The topological polar surface area (TPSA) is 71.3 Å². The fourth-order valence-electron chi connectivity index (χ4n) is 3.17. The molecular formula is C18H23FN4O2. The van der Waals surface area contributed by atoms with Crippen LogP contribution in [-0.2, 0) is 4.79 Å². The van der Waals surface area contributed by atoms with Gasteiger partial charge in [0, 0.05) is 12.2 Å². The zero-order valence-corrected chi connectivity index (χ0v) is 14.8. The van der Waals surface area contributed by atoms with Crippen LogP contribution in [0.4, 0.5) is 10.1 Å². The van der Waals surface area contributed by atoms with Crippen LogP contribution in [0.3, 0.4) is 0 Å². The van der Waals surface area contributed by atoms with Gasteiger partial charge in [0.1, 0.15) is 5.82 Å². The zero-order valence-electron chi connectivity index (χ0n) is 14.8. The highest BCUT2D eigenvalue weighted by atomic mass is 19.1. The lowest BCUT2D eigenvalue weighted by Crippen LogP contribution is -2.46. The monoisotopic (exact) mass is 346 g/mol. The summed E-state index contributed by atoms with van der Waals surface area (Å²) in [5.74, 6) is 0.894. The molecule has 0 bridgehead atoms. The van der Waals surface area contributed by atoms with Gasteiger partial charge in [-0.15, -0.1) is 0 Å². The summed E-state index contributed by atoms with van der Waals surface area (Å²) in [6.07, 6.45) is 1.93. The van der Waals surface area contributed by atoms with Gasteiger partial charge in [-0.1, -0.05) is 11.2 Å². The minimum absolute atomic E-state index is 0.140. The number of benzene rings is 1. The van der Waals surface area contributed by atoms with Crippen molar-refractivity contribution in [2.75, 3.05) is 18.4 Å². The Kier molecular flexibility index (Phi) is 5.13. The highest BCUT2D eigenvalue weighted by Crippen LogP contribution is 2.27. The molecule has 1 saturated heterocycles. The van der Waals surface area contributed by atoms with Gasteiger partial charge in [-0.25, -0.2) is 4.39 Å². The van der Waals surface area contributed by atoms with Crippen molar-refractivity contribution in [2.45, 2.75) is 45.6 Å². The van der Waals surface area contributed by atoms with Crippen molar-refractivity contribution in [3.05, 3.63) is 41.3 Å². The van der Waals surface area contributed by atoms with Gasteiger partial charge < -0.3 is 9.84 Å². The van der Waals surface area contributed by atoms with Gasteiger partial charge in [0.05, 0.1) is 12.0 Å². The number of carbonyl (C=O) groups is 1. The highest BCUT2D eigenvalue weighted by Gasteiger charge is 2.30. The maximum Gasteiger partial charge on any atom is 0.241 e. The molecule has 0 saturated carbocycles. The van der Waals surface area contributed by atoms with E-state index >= 15 is 0 Å². The molecule has 1 aliphatic rings. The van der Waals surface area contributed by atoms with E-state index in [9.17, 15) is 9.18 Å². The first-order chi connectivity index (χ1) is 11.9. The first-order valence-electron chi connectivity index (χ1n) is 8.55. The van der Waals surface area contributed by atoms with Crippen LogP contribution in [0.2, 0.25) is 0 Å². The summed E-state index contributed by atoms with van der Waals surface area (Å²) in [5, 5.41) is 6.69. The van der Waals surface area contributed by atoms with E-state index in [-0.39, 0.29) is 23.7 Å². The molecule has 0 spiro atoms. The Labute approximate surface area is 146 Å². The first-order valence-corrected chi connectivity index (χ1v) is 8.55. The Morgan fingerprint density at radius 2 is 2.24 bits per heavy atom. The second-order valence-electron chi connectivity index (χ2n) is 6.64. The number of likely N-dealkylation sites (tertiary alicyclic amines) is 1. The lowest BCUT2D eigenvalue weighted by atomic mass is 9.96. The van der Waals surface area contributed by atoms with Crippen LogP contribution in [0, 0.1) is 19.7 Å². The predicted molar refractivity (Wildman–Crippen MR) is 91.8 cm³/mol. The van der Waals surface area contributed by atoms with E-state index in [1.54, 1.807) is 13.0 Å². The maximum atomic E-state index is 13.4. The Morgan fingerprint density at radius 3 is 2.96 bits per heavy atom. The van der Waals surface area contributed by atoms with Crippen LogP contribution in [0.1, 0.15) is 43.0 Å². The Hall–Kier alpha value is -2.28. The van der Waals surface area contributed by atoms with Gasteiger partial charge in [0.2, 0.25) is 11.8 Å². The average Bonchev–Trinajstić information content (AvgIpc) is 3.04. The smallest absolute Gasteiger partial charge is 0.241 e. The number of halogens is 1. The number of aromatic nitrogens is 2. The van der Waals surface area contributed by atoms with Crippen LogP contribution < -0.4 is 5.32 Å². The summed E-state index contributed by atoms with van der Waals surface area (Å²) in [4.78, 5) is 19.0. The number of hydrogen-bond acceptors (Lipinski definition) is 5. The molecule has 2 atom stereocenters. The number of nitrogens with one attached hydrogen (secondary N) is 1. The molecule has 25 heavy (non-hydrogen) atoms. The van der Waals surface area contributed by atoms with Gasteiger partial charge >= 0.3 is 0 Å². The Balaban J connectivity index is 1.66. The number of nitrogens with zero attached hydrogens (tertiary/aromatic N) is 3. The third-order valence-corrected chi connectivity index (χ3v) is 4.73. The number of hydrogen-bond donors (Lipinski definition) is 1. The minimum atomic E-state index is -0.363. The Morgan fingerprint density at radius 1 is 1.44 bits per heavy atom.